The zero-order valence-electron chi connectivity index (χ0n) is 8.07. The minimum Gasteiger partial charge on any atom is -0.288 e. The maximum absolute atomic E-state index is 11.3. The van der Waals surface area contributed by atoms with E-state index >= 15 is 0 Å². The van der Waals surface area contributed by atoms with Crippen molar-refractivity contribution in [1.29, 1.82) is 0 Å². The molecule has 0 unspecified atom stereocenters. The van der Waals surface area contributed by atoms with Crippen LogP contribution in [0.4, 0.5) is 0 Å². The van der Waals surface area contributed by atoms with Gasteiger partial charge in [0.1, 0.15) is 0 Å². The van der Waals surface area contributed by atoms with E-state index in [2.05, 4.69) is 4.84 Å². The number of sulfonamides is 1. The minimum atomic E-state index is -3.19. The van der Waals surface area contributed by atoms with Crippen molar-refractivity contribution in [3.8, 4) is 0 Å². The summed E-state index contributed by atoms with van der Waals surface area (Å²) in [5.41, 5.74) is 0. The fourth-order valence-electron chi connectivity index (χ4n) is 0.627. The van der Waals surface area contributed by atoms with Gasteiger partial charge in [-0.25, -0.2) is 8.42 Å². The molecule has 0 saturated heterocycles. The fraction of sp³-hybridized carbons (Fsp3) is 1.00. The molecule has 0 atom stereocenters. The van der Waals surface area contributed by atoms with Crippen molar-refractivity contribution >= 4 is 10.0 Å². The third kappa shape index (κ3) is 4.04. The quantitative estimate of drug-likeness (QED) is 0.611. The second-order valence-corrected chi connectivity index (χ2v) is 5.18. The summed E-state index contributed by atoms with van der Waals surface area (Å²) in [6.45, 7) is 3.98. The Morgan fingerprint density at radius 1 is 1.42 bits per heavy atom. The summed E-state index contributed by atoms with van der Waals surface area (Å²) in [6.07, 6.45) is 0.663. The largest absolute Gasteiger partial charge is 0.288 e. The molecular formula is C7H17NO3S. The smallest absolute Gasteiger partial charge is 0.235 e. The van der Waals surface area contributed by atoms with Gasteiger partial charge in [-0.3, -0.25) is 4.84 Å². The molecule has 0 aliphatic carbocycles. The summed E-state index contributed by atoms with van der Waals surface area (Å²) in [7, 11) is -0.456. The van der Waals surface area contributed by atoms with E-state index in [4.69, 9.17) is 0 Å². The van der Waals surface area contributed by atoms with E-state index in [9.17, 15) is 8.42 Å². The molecule has 0 N–H and O–H groups in total. The predicted molar refractivity (Wildman–Crippen MR) is 48.0 cm³/mol. The summed E-state index contributed by atoms with van der Waals surface area (Å²) < 4.78 is 23.4. The molecule has 0 rings (SSSR count). The van der Waals surface area contributed by atoms with Crippen LogP contribution in [0.2, 0.25) is 0 Å². The lowest BCUT2D eigenvalue weighted by Crippen LogP contribution is -2.28. The summed E-state index contributed by atoms with van der Waals surface area (Å²) in [5, 5.41) is 0. The van der Waals surface area contributed by atoms with E-state index in [0.29, 0.717) is 12.3 Å². The molecular weight excluding hydrogens is 178 g/mol. The van der Waals surface area contributed by atoms with Crippen molar-refractivity contribution in [1.82, 2.24) is 4.47 Å². The van der Waals surface area contributed by atoms with Crippen LogP contribution in [0.3, 0.4) is 0 Å². The van der Waals surface area contributed by atoms with Gasteiger partial charge in [0.15, 0.2) is 0 Å². The highest BCUT2D eigenvalue weighted by atomic mass is 32.2. The van der Waals surface area contributed by atoms with Crippen LogP contribution < -0.4 is 0 Å². The molecule has 0 radical (unpaired) electrons. The summed E-state index contributed by atoms with van der Waals surface area (Å²) in [6, 6.07) is 0. The second kappa shape index (κ2) is 4.79. The minimum absolute atomic E-state index is 0.148. The van der Waals surface area contributed by atoms with Crippen LogP contribution in [0.5, 0.6) is 0 Å². The molecule has 5 heteroatoms. The summed E-state index contributed by atoms with van der Waals surface area (Å²) >= 11 is 0. The normalized spacial score (nSPS) is 12.8. The van der Waals surface area contributed by atoms with Crippen molar-refractivity contribution in [3.05, 3.63) is 0 Å². The number of nitrogens with zero attached hydrogens (tertiary/aromatic N) is 1. The molecule has 0 fully saturated rings. The first-order chi connectivity index (χ1) is 5.40. The van der Waals surface area contributed by atoms with E-state index in [1.165, 1.54) is 14.2 Å². The van der Waals surface area contributed by atoms with E-state index in [1.807, 2.05) is 13.8 Å². The Hall–Kier alpha value is -0.130. The molecule has 0 heterocycles. The van der Waals surface area contributed by atoms with Crippen LogP contribution in [0.1, 0.15) is 20.3 Å². The van der Waals surface area contributed by atoms with Crippen molar-refractivity contribution in [2.45, 2.75) is 20.3 Å². The van der Waals surface area contributed by atoms with E-state index in [-0.39, 0.29) is 5.75 Å². The van der Waals surface area contributed by atoms with E-state index in [1.54, 1.807) is 0 Å². The number of hydrogen-bond donors (Lipinski definition) is 0. The monoisotopic (exact) mass is 195 g/mol. The van der Waals surface area contributed by atoms with Crippen LogP contribution in [0.15, 0.2) is 0 Å². The van der Waals surface area contributed by atoms with Crippen LogP contribution in [0.25, 0.3) is 0 Å². The van der Waals surface area contributed by atoms with Crippen molar-refractivity contribution in [2.75, 3.05) is 19.9 Å². The fourth-order valence-corrected chi connectivity index (χ4v) is 1.88. The first kappa shape index (κ1) is 11.9. The van der Waals surface area contributed by atoms with E-state index < -0.39 is 10.0 Å². The molecule has 4 nitrogen and oxygen atoms in total. The number of rotatable bonds is 5. The highest BCUT2D eigenvalue weighted by Crippen LogP contribution is 2.05. The van der Waals surface area contributed by atoms with Crippen molar-refractivity contribution in [2.24, 2.45) is 5.92 Å². The van der Waals surface area contributed by atoms with Gasteiger partial charge < -0.3 is 0 Å². The van der Waals surface area contributed by atoms with Gasteiger partial charge in [0.05, 0.1) is 12.9 Å². The summed E-state index contributed by atoms with van der Waals surface area (Å²) in [5.74, 6) is 0.541. The molecule has 0 aromatic carbocycles. The van der Waals surface area contributed by atoms with Gasteiger partial charge in [0, 0.05) is 7.05 Å². The molecule has 0 spiro atoms. The highest BCUT2D eigenvalue weighted by Gasteiger charge is 2.17. The Balaban J connectivity index is 4.06. The number of hydrogen-bond acceptors (Lipinski definition) is 3. The number of hydroxylamine groups is 1. The van der Waals surface area contributed by atoms with Gasteiger partial charge in [-0.1, -0.05) is 18.3 Å². The van der Waals surface area contributed by atoms with Crippen LogP contribution in [-0.2, 0) is 14.9 Å². The average Bonchev–Trinajstić information content (AvgIpc) is 1.99. The molecule has 0 aromatic rings. The van der Waals surface area contributed by atoms with Gasteiger partial charge in [0.2, 0.25) is 10.0 Å². The van der Waals surface area contributed by atoms with Gasteiger partial charge in [-0.05, 0) is 12.3 Å². The lowest BCUT2D eigenvalue weighted by Gasteiger charge is -2.14. The van der Waals surface area contributed by atoms with Crippen LogP contribution in [-0.4, -0.2) is 32.8 Å². The Morgan fingerprint density at radius 3 is 2.25 bits per heavy atom. The lowest BCUT2D eigenvalue weighted by atomic mass is 10.2. The Kier molecular flexibility index (Phi) is 4.74. The Morgan fingerprint density at radius 2 is 1.92 bits per heavy atom. The van der Waals surface area contributed by atoms with Gasteiger partial charge in [-0.2, -0.15) is 0 Å². The molecule has 0 aromatic heterocycles. The van der Waals surface area contributed by atoms with Crippen LogP contribution in [0, 0.1) is 5.92 Å². The SMILES string of the molecule is CON(C)S(=O)(=O)CCC(C)C. The van der Waals surface area contributed by atoms with Gasteiger partial charge in [0.25, 0.3) is 0 Å². The second-order valence-electron chi connectivity index (χ2n) is 3.09. The maximum Gasteiger partial charge on any atom is 0.235 e. The van der Waals surface area contributed by atoms with Gasteiger partial charge in [-0.15, -0.1) is 0 Å². The molecule has 74 valence electrons. The molecule has 0 amide bonds. The zero-order valence-corrected chi connectivity index (χ0v) is 8.89. The van der Waals surface area contributed by atoms with Crippen molar-refractivity contribution in [3.63, 3.8) is 0 Å². The topological polar surface area (TPSA) is 46.6 Å². The summed E-state index contributed by atoms with van der Waals surface area (Å²) in [4.78, 5) is 4.59. The zero-order chi connectivity index (χ0) is 9.78. The molecule has 0 aliphatic heterocycles. The van der Waals surface area contributed by atoms with Gasteiger partial charge >= 0.3 is 0 Å². The van der Waals surface area contributed by atoms with Crippen LogP contribution >= 0.6 is 0 Å². The Bertz CT molecular complexity index is 211. The lowest BCUT2D eigenvalue weighted by molar-refractivity contribution is -0.0258. The standard InChI is InChI=1S/C7H17NO3S/c1-7(2)5-6-12(9,10)8(3)11-4/h7H,5-6H2,1-4H3. The third-order valence-corrected chi connectivity index (χ3v) is 3.29. The molecule has 12 heavy (non-hydrogen) atoms. The van der Waals surface area contributed by atoms with Crippen molar-refractivity contribution < 1.29 is 13.3 Å². The highest BCUT2D eigenvalue weighted by molar-refractivity contribution is 7.88. The first-order valence-electron chi connectivity index (χ1n) is 3.91. The average molecular weight is 195 g/mol. The van der Waals surface area contributed by atoms with E-state index in [0.717, 1.165) is 4.47 Å². The molecule has 0 saturated carbocycles. The maximum atomic E-state index is 11.3. The molecule has 0 aliphatic rings. The Labute approximate surface area is 74.5 Å². The third-order valence-electron chi connectivity index (χ3n) is 1.60. The first-order valence-corrected chi connectivity index (χ1v) is 5.51. The molecule has 0 bridgehead atoms. The predicted octanol–water partition coefficient (Wildman–Crippen LogP) is 0.855.